The molecule has 0 spiro atoms. The minimum absolute atomic E-state index is 0.487. The first kappa shape index (κ1) is 19.4. The number of ether oxygens (including phenoxy) is 2. The van der Waals surface area contributed by atoms with Crippen molar-refractivity contribution in [3.05, 3.63) is 23.8 Å². The molecule has 1 aromatic carbocycles. The zero-order valence-corrected chi connectivity index (χ0v) is 15.8. The number of hydrogen-bond acceptors (Lipinski definition) is 4. The number of nitrogens with one attached hydrogen (secondary N) is 1. The molecule has 0 bridgehead atoms. The van der Waals surface area contributed by atoms with Crippen LogP contribution in [-0.2, 0) is 6.54 Å². The normalized spacial score (nSPS) is 18.8. The van der Waals surface area contributed by atoms with Crippen LogP contribution in [-0.4, -0.2) is 50.8 Å². The molecule has 1 saturated heterocycles. The molecule has 6 heteroatoms. The van der Waals surface area contributed by atoms with Gasteiger partial charge in [0, 0.05) is 19.1 Å². The first-order valence-corrected chi connectivity index (χ1v) is 9.12. The fraction of sp³-hybridized carbons (Fsp3) is 0.632. The third-order valence-corrected chi connectivity index (χ3v) is 4.75. The molecule has 1 aromatic rings. The lowest BCUT2D eigenvalue weighted by Crippen LogP contribution is -2.40. The first-order valence-electron chi connectivity index (χ1n) is 9.12. The number of benzene rings is 1. The number of aliphatic imine (C=N–C) groups is 1. The number of hydrogen-bond donors (Lipinski definition) is 2. The quantitative estimate of drug-likeness (QED) is 0.429. The first-order chi connectivity index (χ1) is 12.1. The van der Waals surface area contributed by atoms with Crippen LogP contribution in [0.25, 0.3) is 0 Å². The molecule has 0 amide bonds. The second kappa shape index (κ2) is 10.1. The highest BCUT2D eigenvalue weighted by molar-refractivity contribution is 5.77. The highest BCUT2D eigenvalue weighted by Crippen LogP contribution is 2.27. The summed E-state index contributed by atoms with van der Waals surface area (Å²) >= 11 is 0. The van der Waals surface area contributed by atoms with Crippen molar-refractivity contribution in [2.24, 2.45) is 10.7 Å². The van der Waals surface area contributed by atoms with Crippen molar-refractivity contribution in [2.45, 2.75) is 45.2 Å². The summed E-state index contributed by atoms with van der Waals surface area (Å²) in [6.07, 6.45) is 5.09. The van der Waals surface area contributed by atoms with E-state index in [4.69, 9.17) is 15.2 Å². The Labute approximate surface area is 151 Å². The molecule has 0 saturated carbocycles. The number of nitrogens with zero attached hydrogens (tertiary/aromatic N) is 2. The van der Waals surface area contributed by atoms with E-state index < -0.39 is 0 Å². The van der Waals surface area contributed by atoms with E-state index in [-0.39, 0.29) is 0 Å². The fourth-order valence-electron chi connectivity index (χ4n) is 3.20. The summed E-state index contributed by atoms with van der Waals surface area (Å²) in [4.78, 5) is 6.97. The van der Waals surface area contributed by atoms with Crippen molar-refractivity contribution < 1.29 is 9.47 Å². The predicted molar refractivity (Wildman–Crippen MR) is 102 cm³/mol. The zero-order chi connectivity index (χ0) is 18.1. The Kier molecular flexibility index (Phi) is 7.85. The second-order valence-electron chi connectivity index (χ2n) is 6.55. The Bertz CT molecular complexity index is 562. The van der Waals surface area contributed by atoms with Crippen molar-refractivity contribution in [3.8, 4) is 11.5 Å². The SMILES string of the molecule is COc1ccc(CN=C(N)NCCCN2CCCCC2C)cc1OC. The number of nitrogens with two attached hydrogens (primary N) is 1. The average molecular weight is 348 g/mol. The molecule has 1 unspecified atom stereocenters. The van der Waals surface area contributed by atoms with Gasteiger partial charge in [0.05, 0.1) is 20.8 Å². The molecule has 6 nitrogen and oxygen atoms in total. The third kappa shape index (κ3) is 6.12. The largest absolute Gasteiger partial charge is 0.493 e. The van der Waals surface area contributed by atoms with Gasteiger partial charge in [0.15, 0.2) is 17.5 Å². The Morgan fingerprint density at radius 1 is 1.28 bits per heavy atom. The van der Waals surface area contributed by atoms with Gasteiger partial charge in [-0.15, -0.1) is 0 Å². The molecule has 0 aliphatic carbocycles. The van der Waals surface area contributed by atoms with Gasteiger partial charge in [-0.05, 0) is 50.4 Å². The van der Waals surface area contributed by atoms with E-state index in [0.29, 0.717) is 30.0 Å². The monoisotopic (exact) mass is 348 g/mol. The average Bonchev–Trinajstić information content (AvgIpc) is 2.64. The van der Waals surface area contributed by atoms with Gasteiger partial charge in [0.1, 0.15) is 0 Å². The van der Waals surface area contributed by atoms with Crippen molar-refractivity contribution in [3.63, 3.8) is 0 Å². The maximum atomic E-state index is 5.96. The molecule has 2 rings (SSSR count). The van der Waals surface area contributed by atoms with E-state index >= 15 is 0 Å². The Morgan fingerprint density at radius 2 is 2.08 bits per heavy atom. The standard InChI is InChI=1S/C19H32N4O2/c1-15-7-4-5-11-23(15)12-6-10-21-19(20)22-14-16-8-9-17(24-2)18(13-16)25-3/h8-9,13,15H,4-7,10-12,14H2,1-3H3,(H3,20,21,22). The number of likely N-dealkylation sites (tertiary alicyclic amines) is 1. The summed E-state index contributed by atoms with van der Waals surface area (Å²) in [6, 6.07) is 6.49. The minimum Gasteiger partial charge on any atom is -0.493 e. The number of guanidine groups is 1. The van der Waals surface area contributed by atoms with Gasteiger partial charge in [-0.25, -0.2) is 4.99 Å². The van der Waals surface area contributed by atoms with Crippen molar-refractivity contribution in [1.82, 2.24) is 10.2 Å². The van der Waals surface area contributed by atoms with Crippen LogP contribution in [0, 0.1) is 0 Å². The number of piperidine rings is 1. The van der Waals surface area contributed by atoms with Crippen LogP contribution in [0.4, 0.5) is 0 Å². The molecule has 1 heterocycles. The summed E-state index contributed by atoms with van der Waals surface area (Å²) in [5, 5.41) is 3.20. The molecule has 0 aromatic heterocycles. The van der Waals surface area contributed by atoms with Gasteiger partial charge in [0.25, 0.3) is 0 Å². The third-order valence-electron chi connectivity index (χ3n) is 4.75. The zero-order valence-electron chi connectivity index (χ0n) is 15.8. The van der Waals surface area contributed by atoms with Crippen molar-refractivity contribution in [1.29, 1.82) is 0 Å². The lowest BCUT2D eigenvalue weighted by molar-refractivity contribution is 0.159. The van der Waals surface area contributed by atoms with Crippen LogP contribution in [0.3, 0.4) is 0 Å². The van der Waals surface area contributed by atoms with Gasteiger partial charge in [-0.1, -0.05) is 12.5 Å². The van der Waals surface area contributed by atoms with Crippen LogP contribution < -0.4 is 20.5 Å². The van der Waals surface area contributed by atoms with Crippen LogP contribution >= 0.6 is 0 Å². The lowest BCUT2D eigenvalue weighted by atomic mass is 10.0. The number of rotatable bonds is 8. The molecule has 1 aliphatic rings. The van der Waals surface area contributed by atoms with Gasteiger partial charge in [0.2, 0.25) is 0 Å². The molecular weight excluding hydrogens is 316 g/mol. The molecule has 1 aliphatic heterocycles. The summed E-state index contributed by atoms with van der Waals surface area (Å²) < 4.78 is 10.5. The van der Waals surface area contributed by atoms with E-state index in [2.05, 4.69) is 22.1 Å². The van der Waals surface area contributed by atoms with Crippen molar-refractivity contribution >= 4 is 5.96 Å². The fourth-order valence-corrected chi connectivity index (χ4v) is 3.20. The summed E-state index contributed by atoms with van der Waals surface area (Å²) in [7, 11) is 3.26. The van der Waals surface area contributed by atoms with Crippen LogP contribution in [0.2, 0.25) is 0 Å². The Hall–Kier alpha value is -1.95. The maximum absolute atomic E-state index is 5.96. The summed E-state index contributed by atoms with van der Waals surface area (Å²) in [6.45, 7) is 6.04. The van der Waals surface area contributed by atoms with Crippen LogP contribution in [0.15, 0.2) is 23.2 Å². The topological polar surface area (TPSA) is 72.1 Å². The smallest absolute Gasteiger partial charge is 0.188 e. The van der Waals surface area contributed by atoms with Gasteiger partial charge >= 0.3 is 0 Å². The molecular formula is C19H32N4O2. The van der Waals surface area contributed by atoms with Crippen LogP contribution in [0.5, 0.6) is 11.5 Å². The highest BCUT2D eigenvalue weighted by atomic mass is 16.5. The predicted octanol–water partition coefficient (Wildman–Crippen LogP) is 2.37. The Morgan fingerprint density at radius 3 is 2.80 bits per heavy atom. The van der Waals surface area contributed by atoms with E-state index in [0.717, 1.165) is 25.1 Å². The number of methoxy groups -OCH3 is 2. The molecule has 140 valence electrons. The van der Waals surface area contributed by atoms with Crippen molar-refractivity contribution in [2.75, 3.05) is 33.9 Å². The summed E-state index contributed by atoms with van der Waals surface area (Å²) in [5.74, 6) is 1.91. The second-order valence-corrected chi connectivity index (χ2v) is 6.55. The molecule has 0 radical (unpaired) electrons. The van der Waals surface area contributed by atoms with E-state index in [1.807, 2.05) is 18.2 Å². The highest BCUT2D eigenvalue weighted by Gasteiger charge is 2.16. The van der Waals surface area contributed by atoms with Gasteiger partial charge < -0.3 is 25.4 Å². The van der Waals surface area contributed by atoms with Gasteiger partial charge in [-0.3, -0.25) is 0 Å². The molecule has 25 heavy (non-hydrogen) atoms. The Balaban J connectivity index is 1.72. The maximum Gasteiger partial charge on any atom is 0.188 e. The lowest BCUT2D eigenvalue weighted by Gasteiger charge is -2.33. The van der Waals surface area contributed by atoms with E-state index in [1.54, 1.807) is 14.2 Å². The van der Waals surface area contributed by atoms with Gasteiger partial charge in [-0.2, -0.15) is 0 Å². The van der Waals surface area contributed by atoms with Crippen LogP contribution in [0.1, 0.15) is 38.2 Å². The molecule has 1 atom stereocenters. The minimum atomic E-state index is 0.487. The summed E-state index contributed by atoms with van der Waals surface area (Å²) in [5.41, 5.74) is 7.00. The van der Waals surface area contributed by atoms with E-state index in [1.165, 1.54) is 25.8 Å². The molecule has 1 fully saturated rings. The molecule has 3 N–H and O–H groups in total. The van der Waals surface area contributed by atoms with E-state index in [9.17, 15) is 0 Å².